The molecule has 3 rings (SSSR count). The maximum atomic E-state index is 3.54. The number of fused-ring (bicyclic) bond motifs is 3. The van der Waals surface area contributed by atoms with Gasteiger partial charge in [-0.25, -0.2) is 0 Å². The molecule has 0 fully saturated rings. The number of aryl methyl sites for hydroxylation is 2. The SMILES string of the molecule is Cc1cccc2c1c1c(n2C)C(C)NCC1. The number of hydrogen-bond donors (Lipinski definition) is 1. The standard InChI is InChI=1S/C14H18N2/c1-9-5-4-6-12-13(9)11-7-8-15-10(2)14(11)16(12)3/h4-6,10,15H,7-8H2,1-3H3. The van der Waals surface area contributed by atoms with Crippen LogP contribution in [0.5, 0.6) is 0 Å². The molecule has 0 radical (unpaired) electrons. The second-order valence-corrected chi connectivity index (χ2v) is 4.82. The number of hydrogen-bond acceptors (Lipinski definition) is 1. The van der Waals surface area contributed by atoms with Gasteiger partial charge in [0, 0.05) is 29.7 Å². The molecule has 2 aromatic rings. The Kier molecular flexibility index (Phi) is 2.08. The molecule has 1 aliphatic rings. The zero-order valence-electron chi connectivity index (χ0n) is 10.2. The minimum atomic E-state index is 0.473. The molecular formula is C14H18N2. The first-order chi connectivity index (χ1) is 7.70. The minimum absolute atomic E-state index is 0.473. The van der Waals surface area contributed by atoms with Gasteiger partial charge in [0.25, 0.3) is 0 Å². The van der Waals surface area contributed by atoms with Gasteiger partial charge in [0.15, 0.2) is 0 Å². The first-order valence-corrected chi connectivity index (χ1v) is 6.00. The Bertz CT molecular complexity index is 551. The molecule has 1 aromatic heterocycles. The van der Waals surface area contributed by atoms with Crippen molar-refractivity contribution in [3.05, 3.63) is 35.0 Å². The average Bonchev–Trinajstić information content (AvgIpc) is 2.56. The van der Waals surface area contributed by atoms with Crippen molar-refractivity contribution in [1.29, 1.82) is 0 Å². The summed E-state index contributed by atoms with van der Waals surface area (Å²) in [5, 5.41) is 5.02. The summed E-state index contributed by atoms with van der Waals surface area (Å²) in [5.41, 5.74) is 5.81. The van der Waals surface area contributed by atoms with Gasteiger partial charge in [-0.15, -0.1) is 0 Å². The highest BCUT2D eigenvalue weighted by atomic mass is 15.0. The summed E-state index contributed by atoms with van der Waals surface area (Å²) in [6, 6.07) is 7.07. The Balaban J connectivity index is 2.44. The van der Waals surface area contributed by atoms with Crippen LogP contribution in [-0.2, 0) is 13.5 Å². The van der Waals surface area contributed by atoms with Crippen LogP contribution in [0.1, 0.15) is 29.8 Å². The highest BCUT2D eigenvalue weighted by Gasteiger charge is 2.23. The van der Waals surface area contributed by atoms with Crippen molar-refractivity contribution in [2.45, 2.75) is 26.3 Å². The first kappa shape index (κ1) is 9.91. The van der Waals surface area contributed by atoms with Gasteiger partial charge in [-0.05, 0) is 44.0 Å². The van der Waals surface area contributed by atoms with Crippen molar-refractivity contribution in [3.8, 4) is 0 Å². The summed E-state index contributed by atoms with van der Waals surface area (Å²) in [6.45, 7) is 5.57. The van der Waals surface area contributed by atoms with E-state index in [2.05, 4.69) is 49.0 Å². The van der Waals surface area contributed by atoms with Gasteiger partial charge in [-0.2, -0.15) is 0 Å². The van der Waals surface area contributed by atoms with Crippen molar-refractivity contribution >= 4 is 10.9 Å². The van der Waals surface area contributed by atoms with E-state index in [0.717, 1.165) is 13.0 Å². The molecule has 1 N–H and O–H groups in total. The molecule has 84 valence electrons. The third-order valence-corrected chi connectivity index (χ3v) is 3.82. The lowest BCUT2D eigenvalue weighted by molar-refractivity contribution is 0.515. The Morgan fingerprint density at radius 2 is 2.19 bits per heavy atom. The predicted octanol–water partition coefficient (Wildman–Crippen LogP) is 2.69. The first-order valence-electron chi connectivity index (χ1n) is 6.00. The Morgan fingerprint density at radius 3 is 3.00 bits per heavy atom. The topological polar surface area (TPSA) is 17.0 Å². The normalized spacial score (nSPS) is 20.1. The third-order valence-electron chi connectivity index (χ3n) is 3.82. The fourth-order valence-corrected chi connectivity index (χ4v) is 3.10. The van der Waals surface area contributed by atoms with Crippen LogP contribution in [0.3, 0.4) is 0 Å². The molecule has 0 bridgehead atoms. The summed E-state index contributed by atoms with van der Waals surface area (Å²) in [6.07, 6.45) is 1.15. The molecule has 0 spiro atoms. The van der Waals surface area contributed by atoms with Crippen molar-refractivity contribution in [2.75, 3.05) is 6.54 Å². The molecule has 0 saturated carbocycles. The van der Waals surface area contributed by atoms with E-state index in [9.17, 15) is 0 Å². The third kappa shape index (κ3) is 1.17. The maximum absolute atomic E-state index is 3.54. The van der Waals surface area contributed by atoms with Crippen LogP contribution in [0, 0.1) is 6.92 Å². The van der Waals surface area contributed by atoms with Gasteiger partial charge in [-0.3, -0.25) is 0 Å². The molecule has 1 atom stereocenters. The molecule has 1 unspecified atom stereocenters. The minimum Gasteiger partial charge on any atom is -0.346 e. The molecule has 16 heavy (non-hydrogen) atoms. The lowest BCUT2D eigenvalue weighted by atomic mass is 9.98. The van der Waals surface area contributed by atoms with E-state index in [1.54, 1.807) is 5.56 Å². The van der Waals surface area contributed by atoms with Crippen LogP contribution in [0.15, 0.2) is 18.2 Å². The lowest BCUT2D eigenvalue weighted by Gasteiger charge is -2.22. The summed E-state index contributed by atoms with van der Waals surface area (Å²) in [7, 11) is 2.18. The number of nitrogens with one attached hydrogen (secondary N) is 1. The molecule has 1 aliphatic heterocycles. The van der Waals surface area contributed by atoms with Crippen molar-refractivity contribution in [2.24, 2.45) is 7.05 Å². The zero-order chi connectivity index (χ0) is 11.3. The Labute approximate surface area is 96.3 Å². The molecule has 0 amide bonds. The summed E-state index contributed by atoms with van der Waals surface area (Å²) >= 11 is 0. The Morgan fingerprint density at radius 1 is 1.38 bits per heavy atom. The van der Waals surface area contributed by atoms with Crippen LogP contribution >= 0.6 is 0 Å². The van der Waals surface area contributed by atoms with E-state index in [1.165, 1.54) is 22.2 Å². The number of aromatic nitrogens is 1. The largest absolute Gasteiger partial charge is 0.346 e. The summed E-state index contributed by atoms with van der Waals surface area (Å²) in [5.74, 6) is 0. The van der Waals surface area contributed by atoms with E-state index in [-0.39, 0.29) is 0 Å². The van der Waals surface area contributed by atoms with Crippen LogP contribution in [-0.4, -0.2) is 11.1 Å². The van der Waals surface area contributed by atoms with Gasteiger partial charge < -0.3 is 9.88 Å². The van der Waals surface area contributed by atoms with Gasteiger partial charge >= 0.3 is 0 Å². The van der Waals surface area contributed by atoms with E-state index >= 15 is 0 Å². The van der Waals surface area contributed by atoms with E-state index in [1.807, 2.05) is 0 Å². The van der Waals surface area contributed by atoms with Crippen molar-refractivity contribution in [3.63, 3.8) is 0 Å². The van der Waals surface area contributed by atoms with Crippen LogP contribution < -0.4 is 5.32 Å². The molecule has 1 aromatic carbocycles. The second-order valence-electron chi connectivity index (χ2n) is 4.82. The van der Waals surface area contributed by atoms with Crippen LogP contribution in [0.4, 0.5) is 0 Å². The summed E-state index contributed by atoms with van der Waals surface area (Å²) in [4.78, 5) is 0. The van der Waals surface area contributed by atoms with Crippen molar-refractivity contribution < 1.29 is 0 Å². The monoisotopic (exact) mass is 214 g/mol. The van der Waals surface area contributed by atoms with E-state index in [0.29, 0.717) is 6.04 Å². The second kappa shape index (κ2) is 3.36. The van der Waals surface area contributed by atoms with Gasteiger partial charge in [0.05, 0.1) is 0 Å². The summed E-state index contributed by atoms with van der Waals surface area (Å²) < 4.78 is 2.36. The molecular weight excluding hydrogens is 196 g/mol. The van der Waals surface area contributed by atoms with E-state index in [4.69, 9.17) is 0 Å². The fraction of sp³-hybridized carbons (Fsp3) is 0.429. The average molecular weight is 214 g/mol. The number of rotatable bonds is 0. The zero-order valence-corrected chi connectivity index (χ0v) is 10.2. The van der Waals surface area contributed by atoms with Crippen LogP contribution in [0.25, 0.3) is 10.9 Å². The fourth-order valence-electron chi connectivity index (χ4n) is 3.10. The highest BCUT2D eigenvalue weighted by molar-refractivity contribution is 5.89. The van der Waals surface area contributed by atoms with E-state index < -0.39 is 0 Å². The van der Waals surface area contributed by atoms with Gasteiger partial charge in [0.1, 0.15) is 0 Å². The predicted molar refractivity (Wildman–Crippen MR) is 67.8 cm³/mol. The smallest absolute Gasteiger partial charge is 0.0485 e. The van der Waals surface area contributed by atoms with Crippen molar-refractivity contribution in [1.82, 2.24) is 9.88 Å². The van der Waals surface area contributed by atoms with Gasteiger partial charge in [-0.1, -0.05) is 12.1 Å². The molecule has 2 heterocycles. The molecule has 2 heteroatoms. The maximum Gasteiger partial charge on any atom is 0.0485 e. The van der Waals surface area contributed by atoms with Crippen LogP contribution in [0.2, 0.25) is 0 Å². The molecule has 2 nitrogen and oxygen atoms in total. The van der Waals surface area contributed by atoms with Gasteiger partial charge in [0.2, 0.25) is 0 Å². The quantitative estimate of drug-likeness (QED) is 0.713. The Hall–Kier alpha value is -1.28. The highest BCUT2D eigenvalue weighted by Crippen LogP contribution is 2.33. The lowest BCUT2D eigenvalue weighted by Crippen LogP contribution is -2.28. The number of nitrogens with zero attached hydrogens (tertiary/aromatic N) is 1. The molecule has 0 saturated heterocycles. The molecule has 0 aliphatic carbocycles. The number of benzene rings is 1.